The van der Waals surface area contributed by atoms with Gasteiger partial charge in [0.25, 0.3) is 5.91 Å². The molecule has 0 heterocycles. The normalized spacial score (nSPS) is 12.0. The molecule has 1 atom stereocenters. The number of rotatable bonds is 4. The molecule has 0 bridgehead atoms. The van der Waals surface area contributed by atoms with Crippen molar-refractivity contribution in [2.24, 2.45) is 0 Å². The molecular formula is C15H14Cl2N2O2S. The number of carbonyl (C=O) groups excluding carboxylic acids is 1. The van der Waals surface area contributed by atoms with Gasteiger partial charge in [-0.15, -0.1) is 0 Å². The highest BCUT2D eigenvalue weighted by atomic mass is 35.5. The Balaban J connectivity index is 2.20. The van der Waals surface area contributed by atoms with Crippen LogP contribution in [-0.2, 0) is 16.6 Å². The number of nitrogens with two attached hydrogens (primary N) is 1. The Morgan fingerprint density at radius 1 is 1.23 bits per heavy atom. The first-order chi connectivity index (χ1) is 10.4. The van der Waals surface area contributed by atoms with Gasteiger partial charge in [0, 0.05) is 34.1 Å². The van der Waals surface area contributed by atoms with Crippen LogP contribution in [0, 0.1) is 0 Å². The summed E-state index contributed by atoms with van der Waals surface area (Å²) in [5.41, 5.74) is 7.68. The highest BCUT2D eigenvalue weighted by Crippen LogP contribution is 2.31. The summed E-state index contributed by atoms with van der Waals surface area (Å²) in [6, 6.07) is 10.0. The largest absolute Gasteiger partial charge is 0.396 e. The lowest BCUT2D eigenvalue weighted by Gasteiger charge is -2.09. The minimum absolute atomic E-state index is 0.272. The Morgan fingerprint density at radius 2 is 1.86 bits per heavy atom. The Hall–Kier alpha value is -1.56. The van der Waals surface area contributed by atoms with Crippen LogP contribution >= 0.6 is 23.2 Å². The fourth-order valence-corrected chi connectivity index (χ4v) is 3.03. The van der Waals surface area contributed by atoms with Gasteiger partial charge in [0.1, 0.15) is 0 Å². The predicted molar refractivity (Wildman–Crippen MR) is 93.0 cm³/mol. The van der Waals surface area contributed by atoms with Crippen molar-refractivity contribution in [3.05, 3.63) is 57.6 Å². The molecule has 0 radical (unpaired) electrons. The molecule has 0 aliphatic rings. The molecule has 3 N–H and O–H groups in total. The number of anilines is 2. The number of halogens is 2. The lowest BCUT2D eigenvalue weighted by Crippen LogP contribution is -2.12. The summed E-state index contributed by atoms with van der Waals surface area (Å²) >= 11 is 11.9. The molecular weight excluding hydrogens is 343 g/mol. The van der Waals surface area contributed by atoms with Gasteiger partial charge in [0.15, 0.2) is 0 Å². The van der Waals surface area contributed by atoms with Gasteiger partial charge >= 0.3 is 0 Å². The zero-order valence-corrected chi connectivity index (χ0v) is 14.1. The van der Waals surface area contributed by atoms with E-state index in [9.17, 15) is 9.00 Å². The molecule has 0 aliphatic carbocycles. The zero-order valence-electron chi connectivity index (χ0n) is 11.7. The second kappa shape index (κ2) is 7.13. The topological polar surface area (TPSA) is 72.2 Å². The first-order valence-electron chi connectivity index (χ1n) is 6.31. The molecule has 7 heteroatoms. The third-order valence-electron chi connectivity index (χ3n) is 2.90. The van der Waals surface area contributed by atoms with E-state index in [0.29, 0.717) is 17.0 Å². The van der Waals surface area contributed by atoms with Crippen molar-refractivity contribution >= 4 is 51.3 Å². The summed E-state index contributed by atoms with van der Waals surface area (Å²) in [6.07, 6.45) is 1.62. The smallest absolute Gasteiger partial charge is 0.255 e. The van der Waals surface area contributed by atoms with Crippen LogP contribution in [0.3, 0.4) is 0 Å². The number of nitrogens with one attached hydrogen (secondary N) is 1. The van der Waals surface area contributed by atoms with E-state index in [1.807, 2.05) is 6.07 Å². The quantitative estimate of drug-likeness (QED) is 0.820. The molecule has 0 aromatic heterocycles. The van der Waals surface area contributed by atoms with Gasteiger partial charge < -0.3 is 11.1 Å². The van der Waals surface area contributed by atoms with Crippen LogP contribution in [0.5, 0.6) is 0 Å². The number of nitrogen functional groups attached to an aromatic ring is 1. The van der Waals surface area contributed by atoms with Gasteiger partial charge in [0.2, 0.25) is 0 Å². The number of benzene rings is 2. The Bertz CT molecular complexity index is 727. The number of hydrogen-bond donors (Lipinski definition) is 2. The molecule has 116 valence electrons. The molecule has 0 saturated heterocycles. The van der Waals surface area contributed by atoms with E-state index in [0.717, 1.165) is 5.56 Å². The lowest BCUT2D eigenvalue weighted by atomic mass is 10.1. The minimum Gasteiger partial charge on any atom is -0.396 e. The Morgan fingerprint density at radius 3 is 2.45 bits per heavy atom. The summed E-state index contributed by atoms with van der Waals surface area (Å²) in [6.45, 7) is 0. The number of hydrogen-bond acceptors (Lipinski definition) is 3. The fraction of sp³-hybridized carbons (Fsp3) is 0.133. The van der Waals surface area contributed by atoms with Crippen molar-refractivity contribution < 1.29 is 9.00 Å². The van der Waals surface area contributed by atoms with Crippen molar-refractivity contribution in [1.82, 2.24) is 0 Å². The van der Waals surface area contributed by atoms with Crippen LogP contribution in [0.15, 0.2) is 36.4 Å². The highest BCUT2D eigenvalue weighted by molar-refractivity contribution is 7.83. The van der Waals surface area contributed by atoms with E-state index < -0.39 is 10.8 Å². The van der Waals surface area contributed by atoms with Crippen LogP contribution in [0.4, 0.5) is 11.4 Å². The summed E-state index contributed by atoms with van der Waals surface area (Å²) in [7, 11) is -0.965. The summed E-state index contributed by atoms with van der Waals surface area (Å²) in [5.74, 6) is 0.0985. The van der Waals surface area contributed by atoms with E-state index in [1.165, 1.54) is 12.1 Å². The van der Waals surface area contributed by atoms with Gasteiger partial charge in [-0.05, 0) is 29.8 Å². The summed E-state index contributed by atoms with van der Waals surface area (Å²) in [4.78, 5) is 12.3. The minimum atomic E-state index is -0.965. The van der Waals surface area contributed by atoms with Crippen LogP contribution in [0.25, 0.3) is 0 Å². The Labute approximate surface area is 141 Å². The third kappa shape index (κ3) is 4.22. The van der Waals surface area contributed by atoms with Crippen molar-refractivity contribution in [2.45, 2.75) is 5.75 Å². The second-order valence-electron chi connectivity index (χ2n) is 4.73. The highest BCUT2D eigenvalue weighted by Gasteiger charge is 2.10. The van der Waals surface area contributed by atoms with Gasteiger partial charge in [-0.3, -0.25) is 9.00 Å². The lowest BCUT2D eigenvalue weighted by molar-refractivity contribution is 0.102. The van der Waals surface area contributed by atoms with Crippen LogP contribution in [0.2, 0.25) is 10.0 Å². The van der Waals surface area contributed by atoms with Crippen LogP contribution in [-0.4, -0.2) is 16.4 Å². The van der Waals surface area contributed by atoms with Gasteiger partial charge in [0.05, 0.1) is 15.7 Å². The third-order valence-corrected chi connectivity index (χ3v) is 4.26. The fourth-order valence-electron chi connectivity index (χ4n) is 1.90. The number of carbonyl (C=O) groups is 1. The summed E-state index contributed by atoms with van der Waals surface area (Å²) in [5, 5.41) is 3.26. The maximum absolute atomic E-state index is 12.3. The second-order valence-corrected chi connectivity index (χ2v) is 6.98. The average Bonchev–Trinajstić information content (AvgIpc) is 2.44. The first kappa shape index (κ1) is 16.8. The predicted octanol–water partition coefficient (Wildman–Crippen LogP) is 3.71. The maximum atomic E-state index is 12.3. The van der Waals surface area contributed by atoms with Crippen molar-refractivity contribution in [2.75, 3.05) is 17.3 Å². The zero-order chi connectivity index (χ0) is 16.3. The van der Waals surface area contributed by atoms with Gasteiger partial charge in [-0.2, -0.15) is 0 Å². The van der Waals surface area contributed by atoms with E-state index in [-0.39, 0.29) is 21.6 Å². The van der Waals surface area contributed by atoms with E-state index in [1.54, 1.807) is 24.5 Å². The van der Waals surface area contributed by atoms with Crippen LogP contribution in [0.1, 0.15) is 15.9 Å². The van der Waals surface area contributed by atoms with E-state index >= 15 is 0 Å². The molecule has 0 saturated carbocycles. The first-order valence-corrected chi connectivity index (χ1v) is 8.80. The van der Waals surface area contributed by atoms with Crippen LogP contribution < -0.4 is 11.1 Å². The molecule has 0 fully saturated rings. The molecule has 2 rings (SSSR count). The van der Waals surface area contributed by atoms with Crippen molar-refractivity contribution in [3.63, 3.8) is 0 Å². The van der Waals surface area contributed by atoms with Gasteiger partial charge in [-0.1, -0.05) is 35.3 Å². The SMILES string of the molecule is CS(=O)Cc1cccc(C(=O)Nc2cc(Cl)c(N)c(Cl)c2)c1. The molecule has 2 aromatic carbocycles. The van der Waals surface area contributed by atoms with E-state index in [4.69, 9.17) is 28.9 Å². The molecule has 22 heavy (non-hydrogen) atoms. The molecule has 0 aliphatic heterocycles. The molecule has 1 unspecified atom stereocenters. The van der Waals surface area contributed by atoms with E-state index in [2.05, 4.69) is 5.32 Å². The standard InChI is InChI=1S/C15H14Cl2N2O2S/c1-22(21)8-9-3-2-4-10(5-9)15(20)19-11-6-12(16)14(18)13(17)7-11/h2-7H,8,18H2,1H3,(H,19,20). The van der Waals surface area contributed by atoms with Crippen molar-refractivity contribution in [1.29, 1.82) is 0 Å². The molecule has 1 amide bonds. The monoisotopic (exact) mass is 356 g/mol. The Kier molecular flexibility index (Phi) is 5.45. The molecule has 2 aromatic rings. The maximum Gasteiger partial charge on any atom is 0.255 e. The molecule has 4 nitrogen and oxygen atoms in total. The average molecular weight is 357 g/mol. The number of amides is 1. The van der Waals surface area contributed by atoms with Gasteiger partial charge in [-0.25, -0.2) is 0 Å². The van der Waals surface area contributed by atoms with Crippen molar-refractivity contribution in [3.8, 4) is 0 Å². The molecule has 0 spiro atoms. The summed E-state index contributed by atoms with van der Waals surface area (Å²) < 4.78 is 11.3.